The summed E-state index contributed by atoms with van der Waals surface area (Å²) in [5.74, 6) is 1.10. The second-order valence-electron chi connectivity index (χ2n) is 5.47. The second-order valence-corrected chi connectivity index (χ2v) is 5.47. The maximum atomic E-state index is 8.27. The van der Waals surface area contributed by atoms with Crippen LogP contribution < -0.4 is 5.73 Å². The molecule has 0 aromatic carbocycles. The normalized spacial score (nSPS) is 11.4. The Morgan fingerprint density at radius 2 is 2.08 bits per heavy atom. The van der Waals surface area contributed by atoms with Crippen LogP contribution >= 0.6 is 0 Å². The molecule has 122 valence electrons. The molecule has 0 unspecified atom stereocenters. The minimum Gasteiger partial charge on any atom is -0.384 e. The number of hydrogen-bond acceptors (Lipinski definition) is 5. The molecule has 4 aromatic rings. The van der Waals surface area contributed by atoms with Crippen LogP contribution in [0.2, 0.25) is 0 Å². The predicted molar refractivity (Wildman–Crippen MR) is 97.3 cm³/mol. The Labute approximate surface area is 143 Å². The van der Waals surface area contributed by atoms with Crippen molar-refractivity contribution in [1.82, 2.24) is 24.6 Å². The fourth-order valence-electron chi connectivity index (χ4n) is 2.55. The van der Waals surface area contributed by atoms with Crippen LogP contribution in [0.25, 0.3) is 23.0 Å². The van der Waals surface area contributed by atoms with Gasteiger partial charge in [0, 0.05) is 11.8 Å². The molecule has 0 spiro atoms. The van der Waals surface area contributed by atoms with Gasteiger partial charge >= 0.3 is 0 Å². The van der Waals surface area contributed by atoms with Crippen LogP contribution in [-0.2, 0) is 0 Å². The molecule has 0 saturated heterocycles. The van der Waals surface area contributed by atoms with Gasteiger partial charge in [-0.25, -0.2) is 14.5 Å². The van der Waals surface area contributed by atoms with Crippen LogP contribution in [0, 0.1) is 5.41 Å². The van der Waals surface area contributed by atoms with E-state index in [0.29, 0.717) is 17.4 Å². The molecule has 0 fully saturated rings. The molecule has 7 heteroatoms. The molecular formula is C18H15N7. The summed E-state index contributed by atoms with van der Waals surface area (Å²) in [5, 5.41) is 12.5. The lowest BCUT2D eigenvalue weighted by atomic mass is 10.1. The van der Waals surface area contributed by atoms with E-state index in [-0.39, 0.29) is 0 Å². The van der Waals surface area contributed by atoms with E-state index in [4.69, 9.17) is 11.1 Å². The zero-order chi connectivity index (χ0) is 17.2. The van der Waals surface area contributed by atoms with Gasteiger partial charge in [0.2, 0.25) is 0 Å². The van der Waals surface area contributed by atoms with Crippen molar-refractivity contribution in [1.29, 1.82) is 5.41 Å². The summed E-state index contributed by atoms with van der Waals surface area (Å²) in [4.78, 5) is 11.7. The highest BCUT2D eigenvalue weighted by Gasteiger charge is 2.07. The van der Waals surface area contributed by atoms with Gasteiger partial charge in [-0.05, 0) is 36.4 Å². The Hall–Kier alpha value is -3.74. The van der Waals surface area contributed by atoms with Gasteiger partial charge in [-0.1, -0.05) is 12.1 Å². The zero-order valence-electron chi connectivity index (χ0n) is 13.2. The molecule has 4 heterocycles. The van der Waals surface area contributed by atoms with Crippen LogP contribution in [0.3, 0.4) is 0 Å². The molecule has 4 N–H and O–H groups in total. The number of aromatic amines is 1. The Kier molecular flexibility index (Phi) is 3.59. The molecule has 7 nitrogen and oxygen atoms in total. The third-order valence-electron chi connectivity index (χ3n) is 3.77. The SMILES string of the molecule is N=C(/C=C\c1ncc(-c2cccc(N)n2)[nH]1)c1cnn2ccccc12. The Morgan fingerprint density at radius 1 is 1.16 bits per heavy atom. The van der Waals surface area contributed by atoms with Crippen molar-refractivity contribution in [3.8, 4) is 11.4 Å². The lowest BCUT2D eigenvalue weighted by Crippen LogP contribution is -1.94. The van der Waals surface area contributed by atoms with Crippen LogP contribution in [0.5, 0.6) is 0 Å². The molecule has 4 aromatic heterocycles. The number of nitrogens with zero attached hydrogens (tertiary/aromatic N) is 4. The van der Waals surface area contributed by atoms with Gasteiger partial charge in [-0.2, -0.15) is 5.10 Å². The first-order chi connectivity index (χ1) is 12.2. The highest BCUT2D eigenvalue weighted by Crippen LogP contribution is 2.16. The highest BCUT2D eigenvalue weighted by atomic mass is 15.2. The average molecular weight is 329 g/mol. The maximum Gasteiger partial charge on any atom is 0.130 e. The number of aromatic nitrogens is 5. The van der Waals surface area contributed by atoms with Gasteiger partial charge in [0.1, 0.15) is 11.6 Å². The number of nitrogens with one attached hydrogen (secondary N) is 2. The molecule has 0 saturated carbocycles. The number of anilines is 1. The predicted octanol–water partition coefficient (Wildman–Crippen LogP) is 2.78. The molecule has 0 radical (unpaired) electrons. The molecule has 25 heavy (non-hydrogen) atoms. The van der Waals surface area contributed by atoms with E-state index in [0.717, 1.165) is 22.5 Å². The third-order valence-corrected chi connectivity index (χ3v) is 3.77. The smallest absolute Gasteiger partial charge is 0.130 e. The van der Waals surface area contributed by atoms with Crippen molar-refractivity contribution in [3.63, 3.8) is 0 Å². The number of rotatable bonds is 4. The van der Waals surface area contributed by atoms with E-state index in [1.165, 1.54) is 0 Å². The second kappa shape index (κ2) is 6.04. The first-order valence-corrected chi connectivity index (χ1v) is 7.68. The number of fused-ring (bicyclic) bond motifs is 1. The Bertz CT molecular complexity index is 1090. The summed E-state index contributed by atoms with van der Waals surface area (Å²) in [7, 11) is 0. The molecule has 0 aliphatic rings. The van der Waals surface area contributed by atoms with E-state index in [2.05, 4.69) is 20.1 Å². The maximum absolute atomic E-state index is 8.27. The fourth-order valence-corrected chi connectivity index (χ4v) is 2.55. The third kappa shape index (κ3) is 2.90. The lowest BCUT2D eigenvalue weighted by molar-refractivity contribution is 0.961. The van der Waals surface area contributed by atoms with Crippen molar-refractivity contribution in [2.45, 2.75) is 0 Å². The van der Waals surface area contributed by atoms with Crippen molar-refractivity contribution in [3.05, 3.63) is 72.5 Å². The standard InChI is InChI=1S/C18H15N7/c19-13(12-10-22-25-9-2-1-5-16(12)25)7-8-18-21-11-15(24-18)14-4-3-6-17(20)23-14/h1-11,19H,(H2,20,23)(H,21,24)/b8-7-,19-13?. The highest BCUT2D eigenvalue weighted by molar-refractivity contribution is 6.12. The summed E-state index contributed by atoms with van der Waals surface area (Å²) < 4.78 is 1.74. The minimum absolute atomic E-state index is 0.362. The summed E-state index contributed by atoms with van der Waals surface area (Å²) in [6.45, 7) is 0. The number of nitrogens with two attached hydrogens (primary N) is 1. The van der Waals surface area contributed by atoms with E-state index in [1.807, 2.05) is 36.5 Å². The largest absolute Gasteiger partial charge is 0.384 e. The van der Waals surface area contributed by atoms with E-state index in [9.17, 15) is 0 Å². The first kappa shape index (κ1) is 14.8. The average Bonchev–Trinajstić information content (AvgIpc) is 3.27. The lowest BCUT2D eigenvalue weighted by Gasteiger charge is -1.97. The van der Waals surface area contributed by atoms with Crippen molar-refractivity contribution in [2.75, 3.05) is 5.73 Å². The molecule has 0 aliphatic heterocycles. The van der Waals surface area contributed by atoms with Crippen molar-refractivity contribution >= 4 is 23.1 Å². The van der Waals surface area contributed by atoms with Gasteiger partial charge in [0.05, 0.1) is 35.0 Å². The molecule has 0 amide bonds. The van der Waals surface area contributed by atoms with Crippen LogP contribution in [0.4, 0.5) is 5.82 Å². The monoisotopic (exact) mass is 329 g/mol. The van der Waals surface area contributed by atoms with Crippen molar-refractivity contribution in [2.24, 2.45) is 0 Å². The van der Waals surface area contributed by atoms with Gasteiger partial charge in [0.25, 0.3) is 0 Å². The number of H-pyrrole nitrogens is 1. The van der Waals surface area contributed by atoms with Gasteiger partial charge < -0.3 is 16.1 Å². The first-order valence-electron chi connectivity index (χ1n) is 7.68. The molecule has 0 aliphatic carbocycles. The summed E-state index contributed by atoms with van der Waals surface area (Å²) in [6.07, 6.45) is 8.68. The number of allylic oxidation sites excluding steroid dienone is 1. The van der Waals surface area contributed by atoms with Crippen LogP contribution in [-0.4, -0.2) is 30.3 Å². The Morgan fingerprint density at radius 3 is 2.96 bits per heavy atom. The molecule has 0 bridgehead atoms. The topological polar surface area (TPSA) is 109 Å². The molecule has 4 rings (SSSR count). The zero-order valence-corrected chi connectivity index (χ0v) is 13.2. The van der Waals surface area contributed by atoms with Gasteiger partial charge in [-0.15, -0.1) is 0 Å². The van der Waals surface area contributed by atoms with Crippen molar-refractivity contribution < 1.29 is 0 Å². The minimum atomic E-state index is 0.362. The van der Waals surface area contributed by atoms with Gasteiger partial charge in [-0.3, -0.25) is 0 Å². The molecule has 0 atom stereocenters. The number of nitrogen functional groups attached to an aromatic ring is 1. The summed E-state index contributed by atoms with van der Waals surface area (Å²) in [5.41, 5.74) is 9.22. The quantitative estimate of drug-likeness (QED) is 0.500. The van der Waals surface area contributed by atoms with E-state index in [1.54, 1.807) is 35.1 Å². The van der Waals surface area contributed by atoms with Gasteiger partial charge in [0.15, 0.2) is 0 Å². The van der Waals surface area contributed by atoms with E-state index < -0.39 is 0 Å². The van der Waals surface area contributed by atoms with Crippen LogP contribution in [0.1, 0.15) is 11.4 Å². The summed E-state index contributed by atoms with van der Waals surface area (Å²) >= 11 is 0. The van der Waals surface area contributed by atoms with E-state index >= 15 is 0 Å². The number of imidazole rings is 1. The summed E-state index contributed by atoms with van der Waals surface area (Å²) in [6, 6.07) is 11.2. The Balaban J connectivity index is 1.57. The fraction of sp³-hybridized carbons (Fsp3) is 0. The number of pyridine rings is 2. The molecular weight excluding hydrogens is 314 g/mol. The van der Waals surface area contributed by atoms with Crippen LogP contribution in [0.15, 0.2) is 61.1 Å². The number of hydrogen-bond donors (Lipinski definition) is 3.